The number of aryl methyl sites for hydroxylation is 1. The number of nitrogens with zero attached hydrogens (tertiary/aromatic N) is 5. The normalized spacial score (nSPS) is 10.9. The van der Waals surface area contributed by atoms with Gasteiger partial charge < -0.3 is 9.47 Å². The monoisotopic (exact) mass is 395 g/mol. The van der Waals surface area contributed by atoms with Gasteiger partial charge in [-0.05, 0) is 18.2 Å². The minimum absolute atomic E-state index is 0.0331. The second-order valence-corrected chi connectivity index (χ2v) is 6.43. The molecule has 0 unspecified atom stereocenters. The van der Waals surface area contributed by atoms with E-state index in [0.717, 1.165) is 0 Å². The Kier molecular flexibility index (Phi) is 4.37. The molecule has 140 valence electrons. The van der Waals surface area contributed by atoms with Crippen molar-refractivity contribution >= 4 is 28.3 Å². The van der Waals surface area contributed by atoms with E-state index in [9.17, 15) is 4.79 Å². The SMILES string of the molecule is COc1cc(C#N)cc(Cl)c1OCc1nnc2n(C)c(=O)c3ccccc3n12. The molecule has 28 heavy (non-hydrogen) atoms. The molecule has 0 fully saturated rings. The third-order valence-corrected chi connectivity index (χ3v) is 4.68. The van der Waals surface area contributed by atoms with Crippen LogP contribution in [0.4, 0.5) is 0 Å². The zero-order valence-corrected chi connectivity index (χ0v) is 15.8. The molecular formula is C19H14ClN5O3. The second kappa shape index (κ2) is 6.87. The van der Waals surface area contributed by atoms with Crippen LogP contribution in [0.5, 0.6) is 11.5 Å². The number of para-hydroxylation sites is 1. The first-order valence-electron chi connectivity index (χ1n) is 8.27. The fourth-order valence-electron chi connectivity index (χ4n) is 3.05. The lowest BCUT2D eigenvalue weighted by Gasteiger charge is -2.13. The number of benzene rings is 2. The topological polar surface area (TPSA) is 94.4 Å². The van der Waals surface area contributed by atoms with Crippen LogP contribution in [0.1, 0.15) is 11.4 Å². The van der Waals surface area contributed by atoms with Crippen LogP contribution in [0.3, 0.4) is 0 Å². The van der Waals surface area contributed by atoms with E-state index in [-0.39, 0.29) is 17.2 Å². The van der Waals surface area contributed by atoms with Crippen molar-refractivity contribution in [2.75, 3.05) is 7.11 Å². The highest BCUT2D eigenvalue weighted by Gasteiger charge is 2.17. The summed E-state index contributed by atoms with van der Waals surface area (Å²) >= 11 is 6.25. The first-order valence-corrected chi connectivity index (χ1v) is 8.65. The van der Waals surface area contributed by atoms with Gasteiger partial charge in [0.05, 0.1) is 34.7 Å². The van der Waals surface area contributed by atoms with Crippen LogP contribution >= 0.6 is 11.6 Å². The summed E-state index contributed by atoms with van der Waals surface area (Å²) in [6.07, 6.45) is 0. The summed E-state index contributed by atoms with van der Waals surface area (Å²) in [5, 5.41) is 18.2. The Morgan fingerprint density at radius 1 is 1.25 bits per heavy atom. The molecule has 0 radical (unpaired) electrons. The largest absolute Gasteiger partial charge is 0.493 e. The van der Waals surface area contributed by atoms with Crippen LogP contribution in [-0.2, 0) is 13.7 Å². The molecule has 0 bridgehead atoms. The molecule has 0 aliphatic carbocycles. The van der Waals surface area contributed by atoms with Gasteiger partial charge in [0.25, 0.3) is 5.56 Å². The molecule has 4 aromatic rings. The van der Waals surface area contributed by atoms with Crippen LogP contribution in [0.2, 0.25) is 5.02 Å². The summed E-state index contributed by atoms with van der Waals surface area (Å²) in [4.78, 5) is 12.5. The Bertz CT molecular complexity index is 1320. The van der Waals surface area contributed by atoms with Crippen LogP contribution in [-0.4, -0.2) is 26.3 Å². The molecule has 8 nitrogen and oxygen atoms in total. The van der Waals surface area contributed by atoms with Gasteiger partial charge in [0, 0.05) is 13.1 Å². The summed E-state index contributed by atoms with van der Waals surface area (Å²) in [5.74, 6) is 1.54. The summed E-state index contributed by atoms with van der Waals surface area (Å²) in [7, 11) is 3.11. The number of ether oxygens (including phenoxy) is 2. The lowest BCUT2D eigenvalue weighted by atomic mass is 10.2. The van der Waals surface area contributed by atoms with Crippen molar-refractivity contribution in [2.24, 2.45) is 7.05 Å². The van der Waals surface area contributed by atoms with Gasteiger partial charge in [0.1, 0.15) is 6.61 Å². The van der Waals surface area contributed by atoms with E-state index in [2.05, 4.69) is 10.2 Å². The van der Waals surface area contributed by atoms with Gasteiger partial charge in [-0.1, -0.05) is 23.7 Å². The highest BCUT2D eigenvalue weighted by Crippen LogP contribution is 2.36. The summed E-state index contributed by atoms with van der Waals surface area (Å²) in [6, 6.07) is 12.3. The number of fused-ring (bicyclic) bond motifs is 3. The average molecular weight is 396 g/mol. The van der Waals surface area contributed by atoms with E-state index in [1.165, 1.54) is 17.7 Å². The van der Waals surface area contributed by atoms with E-state index < -0.39 is 0 Å². The maximum absolute atomic E-state index is 12.5. The number of aromatic nitrogens is 4. The van der Waals surface area contributed by atoms with Crippen molar-refractivity contribution in [1.82, 2.24) is 19.2 Å². The van der Waals surface area contributed by atoms with E-state index in [1.807, 2.05) is 18.2 Å². The molecule has 0 atom stereocenters. The Morgan fingerprint density at radius 2 is 2.04 bits per heavy atom. The fraction of sp³-hybridized carbons (Fsp3) is 0.158. The molecule has 2 heterocycles. The first-order chi connectivity index (χ1) is 13.5. The zero-order chi connectivity index (χ0) is 19.8. The molecule has 0 spiro atoms. The second-order valence-electron chi connectivity index (χ2n) is 6.02. The van der Waals surface area contributed by atoms with Gasteiger partial charge in [-0.25, -0.2) is 0 Å². The first kappa shape index (κ1) is 17.8. The average Bonchev–Trinajstić information content (AvgIpc) is 3.14. The van der Waals surface area contributed by atoms with Crippen molar-refractivity contribution in [3.8, 4) is 17.6 Å². The number of hydrogen-bond acceptors (Lipinski definition) is 6. The van der Waals surface area contributed by atoms with Crippen LogP contribution < -0.4 is 15.0 Å². The quantitative estimate of drug-likeness (QED) is 0.527. The third-order valence-electron chi connectivity index (χ3n) is 4.40. The Labute approximate surface area is 164 Å². The van der Waals surface area contributed by atoms with Crippen molar-refractivity contribution in [1.29, 1.82) is 5.26 Å². The molecule has 0 amide bonds. The minimum atomic E-state index is -0.153. The fourth-order valence-corrected chi connectivity index (χ4v) is 3.31. The van der Waals surface area contributed by atoms with E-state index >= 15 is 0 Å². The summed E-state index contributed by atoms with van der Waals surface area (Å²) in [5.41, 5.74) is 0.894. The van der Waals surface area contributed by atoms with Crippen molar-refractivity contribution in [3.63, 3.8) is 0 Å². The van der Waals surface area contributed by atoms with Crippen molar-refractivity contribution in [3.05, 3.63) is 63.2 Å². The van der Waals surface area contributed by atoms with Crippen molar-refractivity contribution in [2.45, 2.75) is 6.61 Å². The minimum Gasteiger partial charge on any atom is -0.493 e. The predicted octanol–water partition coefficient (Wildman–Crippen LogP) is 2.69. The maximum Gasteiger partial charge on any atom is 0.262 e. The molecule has 2 aromatic carbocycles. The molecule has 0 saturated carbocycles. The predicted molar refractivity (Wildman–Crippen MR) is 103 cm³/mol. The van der Waals surface area contributed by atoms with E-state index in [0.29, 0.717) is 39.6 Å². The third kappa shape index (κ3) is 2.73. The lowest BCUT2D eigenvalue weighted by Crippen LogP contribution is -2.20. The summed E-state index contributed by atoms with van der Waals surface area (Å²) in [6.45, 7) is 0.0331. The molecule has 4 rings (SSSR count). The molecule has 0 aliphatic rings. The van der Waals surface area contributed by atoms with Crippen LogP contribution in [0, 0.1) is 11.3 Å². The Balaban J connectivity index is 1.81. The summed E-state index contributed by atoms with van der Waals surface area (Å²) < 4.78 is 14.3. The molecular weight excluding hydrogens is 382 g/mol. The lowest BCUT2D eigenvalue weighted by molar-refractivity contribution is 0.276. The number of halogens is 1. The van der Waals surface area contributed by atoms with Gasteiger partial charge in [-0.15, -0.1) is 10.2 Å². The van der Waals surface area contributed by atoms with Gasteiger partial charge in [-0.2, -0.15) is 5.26 Å². The molecule has 0 saturated heterocycles. The van der Waals surface area contributed by atoms with Gasteiger partial charge in [0.2, 0.25) is 5.78 Å². The number of hydrogen-bond donors (Lipinski definition) is 0. The van der Waals surface area contributed by atoms with E-state index in [1.54, 1.807) is 29.6 Å². The van der Waals surface area contributed by atoms with Gasteiger partial charge >= 0.3 is 0 Å². The van der Waals surface area contributed by atoms with Gasteiger partial charge in [-0.3, -0.25) is 13.8 Å². The van der Waals surface area contributed by atoms with Gasteiger partial charge in [0.15, 0.2) is 17.3 Å². The Hall–Kier alpha value is -3.57. The molecule has 9 heteroatoms. The number of methoxy groups -OCH3 is 1. The Morgan fingerprint density at radius 3 is 2.79 bits per heavy atom. The highest BCUT2D eigenvalue weighted by atomic mass is 35.5. The van der Waals surface area contributed by atoms with Crippen LogP contribution in [0.15, 0.2) is 41.2 Å². The smallest absolute Gasteiger partial charge is 0.262 e. The van der Waals surface area contributed by atoms with Crippen molar-refractivity contribution < 1.29 is 9.47 Å². The zero-order valence-electron chi connectivity index (χ0n) is 15.0. The van der Waals surface area contributed by atoms with E-state index in [4.69, 9.17) is 26.3 Å². The number of rotatable bonds is 4. The molecule has 2 aromatic heterocycles. The standard InChI is InChI=1S/C19H14ClN5O3/c1-24-18(26)12-5-3-4-6-14(12)25-16(22-23-19(24)25)10-28-17-13(20)7-11(9-21)8-15(17)27-2/h3-8H,10H2,1-2H3. The highest BCUT2D eigenvalue weighted by molar-refractivity contribution is 6.32. The molecule has 0 N–H and O–H groups in total. The number of nitriles is 1. The maximum atomic E-state index is 12.5. The van der Waals surface area contributed by atoms with Crippen LogP contribution in [0.25, 0.3) is 16.7 Å². The molecule has 0 aliphatic heterocycles.